The fourth-order valence-electron chi connectivity index (χ4n) is 2.89. The molecule has 4 rings (SSSR count). The van der Waals surface area contributed by atoms with Gasteiger partial charge in [0.1, 0.15) is 11.2 Å². The van der Waals surface area contributed by atoms with Crippen LogP contribution in [0.1, 0.15) is 20.8 Å². The molecule has 6 nitrogen and oxygen atoms in total. The molecule has 0 radical (unpaired) electrons. The molecule has 0 atom stereocenters. The Kier molecular flexibility index (Phi) is 4.11. The number of imidazole rings is 1. The van der Waals surface area contributed by atoms with Crippen molar-refractivity contribution in [1.82, 2.24) is 14.4 Å². The molecule has 0 aliphatic carbocycles. The second-order valence-electron chi connectivity index (χ2n) is 7.30. The normalized spacial score (nSPS) is 11.9. The lowest BCUT2D eigenvalue weighted by Crippen LogP contribution is -2.34. The average Bonchev–Trinajstić information content (AvgIpc) is 3.25. The monoisotopic (exact) mass is 380 g/mol. The van der Waals surface area contributed by atoms with E-state index in [0.29, 0.717) is 0 Å². The van der Waals surface area contributed by atoms with Gasteiger partial charge in [-0.2, -0.15) is 0 Å². The number of anilines is 1. The fourth-order valence-corrected chi connectivity index (χ4v) is 3.70. The third kappa shape index (κ3) is 3.26. The van der Waals surface area contributed by atoms with Crippen molar-refractivity contribution in [2.45, 2.75) is 26.4 Å². The second kappa shape index (κ2) is 6.35. The van der Waals surface area contributed by atoms with Gasteiger partial charge in [0.25, 0.3) is 0 Å². The first-order chi connectivity index (χ1) is 12.8. The molecule has 1 aromatic carbocycles. The predicted molar refractivity (Wildman–Crippen MR) is 108 cm³/mol. The highest BCUT2D eigenvalue weighted by atomic mass is 32.1. The van der Waals surface area contributed by atoms with E-state index < -0.39 is 11.7 Å². The first-order valence-corrected chi connectivity index (χ1v) is 9.48. The summed E-state index contributed by atoms with van der Waals surface area (Å²) in [5, 5.41) is 0. The molecule has 138 valence electrons. The van der Waals surface area contributed by atoms with Crippen molar-refractivity contribution in [3.05, 3.63) is 48.2 Å². The molecule has 4 aromatic rings. The SMILES string of the molecule is CN(C(=O)OC(C)(C)C)c1ccc2ncc(-c3cccc4ncsc34)n2c1. The number of benzene rings is 1. The zero-order valence-corrected chi connectivity index (χ0v) is 16.4. The van der Waals surface area contributed by atoms with Crippen LogP contribution in [0.2, 0.25) is 0 Å². The highest BCUT2D eigenvalue weighted by molar-refractivity contribution is 7.17. The molecular weight excluding hydrogens is 360 g/mol. The molecule has 27 heavy (non-hydrogen) atoms. The Morgan fingerprint density at radius 1 is 1.19 bits per heavy atom. The molecule has 1 amide bonds. The lowest BCUT2D eigenvalue weighted by molar-refractivity contribution is 0.0589. The Morgan fingerprint density at radius 3 is 2.78 bits per heavy atom. The Hall–Kier alpha value is -2.93. The minimum atomic E-state index is -0.544. The molecular formula is C20H20N4O2S. The molecule has 0 aliphatic heterocycles. The lowest BCUT2D eigenvalue weighted by atomic mass is 10.1. The Morgan fingerprint density at radius 2 is 2.00 bits per heavy atom. The topological polar surface area (TPSA) is 59.7 Å². The van der Waals surface area contributed by atoms with Gasteiger partial charge >= 0.3 is 6.09 Å². The first kappa shape index (κ1) is 17.5. The number of fused-ring (bicyclic) bond motifs is 2. The summed E-state index contributed by atoms with van der Waals surface area (Å²) in [4.78, 5) is 22.8. The molecule has 0 aliphatic rings. The Bertz CT molecular complexity index is 1140. The summed E-state index contributed by atoms with van der Waals surface area (Å²) in [6.07, 6.45) is 3.36. The van der Waals surface area contributed by atoms with Crippen LogP contribution >= 0.6 is 11.3 Å². The van der Waals surface area contributed by atoms with Crippen LogP contribution < -0.4 is 4.90 Å². The summed E-state index contributed by atoms with van der Waals surface area (Å²) in [6.45, 7) is 5.56. The lowest BCUT2D eigenvalue weighted by Gasteiger charge is -2.24. The zero-order valence-electron chi connectivity index (χ0n) is 15.6. The Labute approximate surface area is 161 Å². The minimum Gasteiger partial charge on any atom is -0.443 e. The number of ether oxygens (including phenoxy) is 1. The standard InChI is InChI=1S/C20H20N4O2S/c1-20(2,3)26-19(25)23(4)13-8-9-17-21-10-16(24(17)11-13)14-6-5-7-15-18(14)27-12-22-15/h5-12H,1-4H3. The minimum absolute atomic E-state index is 0.395. The quantitative estimate of drug-likeness (QED) is 0.492. The molecule has 0 fully saturated rings. The molecule has 0 unspecified atom stereocenters. The van der Waals surface area contributed by atoms with Gasteiger partial charge in [0.15, 0.2) is 0 Å². The van der Waals surface area contributed by atoms with Gasteiger partial charge in [-0.15, -0.1) is 11.3 Å². The molecule has 0 spiro atoms. The zero-order chi connectivity index (χ0) is 19.2. The van der Waals surface area contributed by atoms with Crippen molar-refractivity contribution in [2.24, 2.45) is 0 Å². The van der Waals surface area contributed by atoms with Crippen molar-refractivity contribution in [2.75, 3.05) is 11.9 Å². The maximum Gasteiger partial charge on any atom is 0.414 e. The first-order valence-electron chi connectivity index (χ1n) is 8.60. The smallest absolute Gasteiger partial charge is 0.414 e. The van der Waals surface area contributed by atoms with E-state index in [1.807, 2.05) is 67.3 Å². The van der Waals surface area contributed by atoms with Gasteiger partial charge in [-0.05, 0) is 39.0 Å². The summed E-state index contributed by atoms with van der Waals surface area (Å²) >= 11 is 1.61. The number of amides is 1. The number of carbonyl (C=O) groups is 1. The van der Waals surface area contributed by atoms with Crippen LogP contribution in [0.5, 0.6) is 0 Å². The van der Waals surface area contributed by atoms with Crippen LogP contribution in [0.15, 0.2) is 48.2 Å². The van der Waals surface area contributed by atoms with Gasteiger partial charge in [-0.3, -0.25) is 9.30 Å². The summed E-state index contributed by atoms with van der Waals surface area (Å²) < 4.78 is 8.57. The number of thiazole rings is 1. The summed E-state index contributed by atoms with van der Waals surface area (Å²) in [6, 6.07) is 9.82. The maximum atomic E-state index is 12.4. The average molecular weight is 380 g/mol. The van der Waals surface area contributed by atoms with E-state index in [4.69, 9.17) is 4.74 Å². The molecule has 7 heteroatoms. The predicted octanol–water partition coefficient (Wildman–Crippen LogP) is 4.98. The van der Waals surface area contributed by atoms with E-state index >= 15 is 0 Å². The molecule has 0 bridgehead atoms. The van der Waals surface area contributed by atoms with E-state index in [-0.39, 0.29) is 0 Å². The third-order valence-corrected chi connectivity index (χ3v) is 5.05. The van der Waals surface area contributed by atoms with Crippen molar-refractivity contribution in [1.29, 1.82) is 0 Å². The van der Waals surface area contributed by atoms with Gasteiger partial charge in [0, 0.05) is 18.8 Å². The number of nitrogens with zero attached hydrogens (tertiary/aromatic N) is 4. The number of pyridine rings is 1. The number of rotatable bonds is 2. The number of carbonyl (C=O) groups excluding carboxylic acids is 1. The van der Waals surface area contributed by atoms with Crippen LogP contribution in [0.3, 0.4) is 0 Å². The summed E-state index contributed by atoms with van der Waals surface area (Å²) in [5.74, 6) is 0. The van der Waals surface area contributed by atoms with Gasteiger partial charge in [-0.25, -0.2) is 14.8 Å². The Balaban J connectivity index is 1.78. The van der Waals surface area contributed by atoms with Crippen LogP contribution in [-0.2, 0) is 4.74 Å². The van der Waals surface area contributed by atoms with E-state index in [0.717, 1.165) is 32.8 Å². The highest BCUT2D eigenvalue weighted by Crippen LogP contribution is 2.32. The van der Waals surface area contributed by atoms with Crippen LogP contribution in [0.4, 0.5) is 10.5 Å². The molecule has 3 heterocycles. The van der Waals surface area contributed by atoms with Gasteiger partial charge in [0.2, 0.25) is 0 Å². The summed E-state index contributed by atoms with van der Waals surface area (Å²) in [7, 11) is 1.70. The molecule has 0 N–H and O–H groups in total. The van der Waals surface area contributed by atoms with Crippen molar-refractivity contribution >= 4 is 39.0 Å². The van der Waals surface area contributed by atoms with Gasteiger partial charge < -0.3 is 4.74 Å². The summed E-state index contributed by atoms with van der Waals surface area (Å²) in [5.41, 5.74) is 5.84. The molecule has 0 saturated carbocycles. The largest absolute Gasteiger partial charge is 0.443 e. The molecule has 3 aromatic heterocycles. The third-order valence-electron chi connectivity index (χ3n) is 4.18. The van der Waals surface area contributed by atoms with Crippen LogP contribution in [0, 0.1) is 0 Å². The van der Waals surface area contributed by atoms with Crippen LogP contribution in [-0.4, -0.2) is 33.1 Å². The number of hydrogen-bond acceptors (Lipinski definition) is 5. The molecule has 0 saturated heterocycles. The van der Waals surface area contributed by atoms with E-state index in [1.165, 1.54) is 4.90 Å². The van der Waals surface area contributed by atoms with Crippen molar-refractivity contribution in [3.8, 4) is 11.3 Å². The number of hydrogen-bond donors (Lipinski definition) is 0. The van der Waals surface area contributed by atoms with Gasteiger partial charge in [0.05, 0.1) is 33.3 Å². The number of aromatic nitrogens is 3. The fraction of sp³-hybridized carbons (Fsp3) is 0.250. The highest BCUT2D eigenvalue weighted by Gasteiger charge is 2.21. The van der Waals surface area contributed by atoms with E-state index in [9.17, 15) is 4.79 Å². The van der Waals surface area contributed by atoms with E-state index in [1.54, 1.807) is 18.4 Å². The van der Waals surface area contributed by atoms with Gasteiger partial charge in [-0.1, -0.05) is 12.1 Å². The van der Waals surface area contributed by atoms with E-state index in [2.05, 4.69) is 16.0 Å². The maximum absolute atomic E-state index is 12.4. The second-order valence-corrected chi connectivity index (χ2v) is 8.16. The van der Waals surface area contributed by atoms with Crippen LogP contribution in [0.25, 0.3) is 27.1 Å². The van der Waals surface area contributed by atoms with Crippen molar-refractivity contribution in [3.63, 3.8) is 0 Å². The van der Waals surface area contributed by atoms with Crippen molar-refractivity contribution < 1.29 is 9.53 Å².